The number of sulfone groups is 1. The van der Waals surface area contributed by atoms with E-state index >= 15 is 0 Å². The molecule has 1 aliphatic rings. The SMILES string of the molecule is O=C(CC1CCS(=O)(=O)C1)NNC(=O)Nc1ccccn1. The largest absolute Gasteiger partial charge is 0.339 e. The number of pyridine rings is 1. The molecule has 0 spiro atoms. The second-order valence-corrected chi connectivity index (χ2v) is 7.04. The fourth-order valence-electron chi connectivity index (χ4n) is 2.06. The molecule has 1 fully saturated rings. The van der Waals surface area contributed by atoms with Gasteiger partial charge in [0.15, 0.2) is 9.84 Å². The van der Waals surface area contributed by atoms with Gasteiger partial charge in [0.2, 0.25) is 5.91 Å². The smallest absolute Gasteiger partial charge is 0.291 e. The van der Waals surface area contributed by atoms with E-state index in [4.69, 9.17) is 0 Å². The zero-order valence-electron chi connectivity index (χ0n) is 11.2. The van der Waals surface area contributed by atoms with E-state index in [1.807, 2.05) is 0 Å². The summed E-state index contributed by atoms with van der Waals surface area (Å²) in [7, 11) is -3.00. The van der Waals surface area contributed by atoms with Gasteiger partial charge in [0.1, 0.15) is 5.82 Å². The Labute approximate surface area is 122 Å². The Kier molecular flexibility index (Phi) is 4.73. The lowest BCUT2D eigenvalue weighted by Gasteiger charge is -2.10. The highest BCUT2D eigenvalue weighted by Crippen LogP contribution is 2.21. The Morgan fingerprint density at radius 2 is 2.10 bits per heavy atom. The summed E-state index contributed by atoms with van der Waals surface area (Å²) in [5.74, 6) is -0.103. The Balaban J connectivity index is 1.70. The van der Waals surface area contributed by atoms with Gasteiger partial charge in [-0.1, -0.05) is 6.07 Å². The number of hydrogen-bond donors (Lipinski definition) is 3. The van der Waals surface area contributed by atoms with Crippen molar-refractivity contribution >= 4 is 27.6 Å². The van der Waals surface area contributed by atoms with Crippen molar-refractivity contribution in [1.29, 1.82) is 0 Å². The molecule has 0 radical (unpaired) electrons. The Morgan fingerprint density at radius 3 is 2.71 bits per heavy atom. The minimum absolute atomic E-state index is 0.0283. The maximum atomic E-state index is 11.6. The minimum Gasteiger partial charge on any atom is -0.291 e. The van der Waals surface area contributed by atoms with E-state index in [2.05, 4.69) is 21.2 Å². The number of nitrogens with zero attached hydrogens (tertiary/aromatic N) is 1. The number of anilines is 1. The summed E-state index contributed by atoms with van der Waals surface area (Å²) in [6, 6.07) is 4.40. The average Bonchev–Trinajstić information content (AvgIpc) is 2.77. The quantitative estimate of drug-likeness (QED) is 0.682. The third-order valence-corrected chi connectivity index (χ3v) is 4.86. The maximum Gasteiger partial charge on any atom is 0.339 e. The third kappa shape index (κ3) is 5.03. The third-order valence-electron chi connectivity index (χ3n) is 3.02. The highest BCUT2D eigenvalue weighted by atomic mass is 32.2. The van der Waals surface area contributed by atoms with Crippen LogP contribution in [-0.4, -0.2) is 36.8 Å². The van der Waals surface area contributed by atoms with E-state index < -0.39 is 21.8 Å². The van der Waals surface area contributed by atoms with E-state index in [1.54, 1.807) is 18.2 Å². The molecule has 0 saturated carbocycles. The lowest BCUT2D eigenvalue weighted by molar-refractivity contribution is -0.122. The first-order valence-electron chi connectivity index (χ1n) is 6.42. The predicted molar refractivity (Wildman–Crippen MR) is 75.9 cm³/mol. The minimum atomic E-state index is -3.00. The van der Waals surface area contributed by atoms with Crippen LogP contribution in [0.25, 0.3) is 0 Å². The maximum absolute atomic E-state index is 11.6. The van der Waals surface area contributed by atoms with E-state index in [9.17, 15) is 18.0 Å². The van der Waals surface area contributed by atoms with Crippen LogP contribution in [-0.2, 0) is 14.6 Å². The standard InChI is InChI=1S/C12H16N4O4S/c17-11(7-9-4-6-21(19,20)8-9)15-16-12(18)14-10-3-1-2-5-13-10/h1-3,5,9H,4,6-8H2,(H,15,17)(H2,13,14,16,18). The van der Waals surface area contributed by atoms with Crippen molar-refractivity contribution in [2.24, 2.45) is 5.92 Å². The number of hydrogen-bond acceptors (Lipinski definition) is 5. The van der Waals surface area contributed by atoms with Gasteiger partial charge in [0.25, 0.3) is 0 Å². The molecule has 0 bridgehead atoms. The van der Waals surface area contributed by atoms with Gasteiger partial charge in [-0.05, 0) is 24.5 Å². The number of nitrogens with one attached hydrogen (secondary N) is 3. The summed E-state index contributed by atoms with van der Waals surface area (Å²) in [6.07, 6.45) is 2.08. The van der Waals surface area contributed by atoms with Gasteiger partial charge in [0.05, 0.1) is 11.5 Å². The van der Waals surface area contributed by atoms with Gasteiger partial charge in [0, 0.05) is 12.6 Å². The first-order chi connectivity index (χ1) is 9.94. The molecule has 114 valence electrons. The van der Waals surface area contributed by atoms with Crippen molar-refractivity contribution in [3.05, 3.63) is 24.4 Å². The summed E-state index contributed by atoms with van der Waals surface area (Å²) in [5, 5.41) is 2.43. The fraction of sp³-hybridized carbons (Fsp3) is 0.417. The normalized spacial score (nSPS) is 19.7. The van der Waals surface area contributed by atoms with Crippen LogP contribution < -0.4 is 16.2 Å². The Morgan fingerprint density at radius 1 is 1.29 bits per heavy atom. The Bertz CT molecular complexity index is 617. The molecule has 2 rings (SSSR count). The van der Waals surface area contributed by atoms with Crippen LogP contribution >= 0.6 is 0 Å². The van der Waals surface area contributed by atoms with Gasteiger partial charge in [-0.15, -0.1) is 0 Å². The molecule has 2 heterocycles. The molecule has 8 nitrogen and oxygen atoms in total. The predicted octanol–water partition coefficient (Wildman–Crippen LogP) is 0.0591. The van der Waals surface area contributed by atoms with Crippen LogP contribution in [0.15, 0.2) is 24.4 Å². The summed E-state index contributed by atoms with van der Waals surface area (Å²) >= 11 is 0. The molecule has 0 aliphatic carbocycles. The second-order valence-electron chi connectivity index (χ2n) is 4.82. The molecule has 1 aromatic heterocycles. The van der Waals surface area contributed by atoms with Crippen LogP contribution in [0.2, 0.25) is 0 Å². The number of aromatic nitrogens is 1. The van der Waals surface area contributed by atoms with E-state index in [1.165, 1.54) is 6.20 Å². The first kappa shape index (κ1) is 15.2. The van der Waals surface area contributed by atoms with E-state index in [-0.39, 0.29) is 23.8 Å². The molecule has 1 aromatic rings. The number of hydrazine groups is 1. The molecule has 1 atom stereocenters. The monoisotopic (exact) mass is 312 g/mol. The summed E-state index contributed by atoms with van der Waals surface area (Å²) < 4.78 is 22.5. The fourth-order valence-corrected chi connectivity index (χ4v) is 3.92. The highest BCUT2D eigenvalue weighted by molar-refractivity contribution is 7.91. The highest BCUT2D eigenvalue weighted by Gasteiger charge is 2.29. The molecule has 3 N–H and O–H groups in total. The molecular formula is C12H16N4O4S. The van der Waals surface area contributed by atoms with Crippen molar-refractivity contribution in [1.82, 2.24) is 15.8 Å². The lowest BCUT2D eigenvalue weighted by atomic mass is 10.1. The van der Waals surface area contributed by atoms with E-state index in [0.717, 1.165) is 0 Å². The molecule has 1 aliphatic heterocycles. The molecule has 9 heteroatoms. The molecule has 1 saturated heterocycles. The van der Waals surface area contributed by atoms with Crippen LogP contribution in [0.1, 0.15) is 12.8 Å². The second kappa shape index (κ2) is 6.53. The van der Waals surface area contributed by atoms with Gasteiger partial charge in [-0.25, -0.2) is 23.6 Å². The molecule has 3 amide bonds. The number of rotatable bonds is 3. The van der Waals surface area contributed by atoms with Crippen LogP contribution in [0, 0.1) is 5.92 Å². The first-order valence-corrected chi connectivity index (χ1v) is 8.24. The van der Waals surface area contributed by atoms with E-state index in [0.29, 0.717) is 12.2 Å². The van der Waals surface area contributed by atoms with Crippen molar-refractivity contribution in [3.63, 3.8) is 0 Å². The molecule has 21 heavy (non-hydrogen) atoms. The summed E-state index contributed by atoms with van der Waals surface area (Å²) in [4.78, 5) is 27.0. The van der Waals surface area contributed by atoms with Gasteiger partial charge < -0.3 is 0 Å². The zero-order chi connectivity index (χ0) is 15.3. The topological polar surface area (TPSA) is 117 Å². The summed E-state index contributed by atoms with van der Waals surface area (Å²) in [5.41, 5.74) is 4.42. The van der Waals surface area contributed by atoms with Gasteiger partial charge >= 0.3 is 6.03 Å². The number of amides is 3. The number of carbonyl (C=O) groups is 2. The van der Waals surface area contributed by atoms with Crippen molar-refractivity contribution in [2.45, 2.75) is 12.8 Å². The van der Waals surface area contributed by atoms with Gasteiger partial charge in [-0.2, -0.15) is 0 Å². The lowest BCUT2D eigenvalue weighted by Crippen LogP contribution is -2.44. The molecule has 0 aromatic carbocycles. The van der Waals surface area contributed by atoms with Crippen molar-refractivity contribution < 1.29 is 18.0 Å². The van der Waals surface area contributed by atoms with Crippen molar-refractivity contribution in [2.75, 3.05) is 16.8 Å². The Hall–Kier alpha value is -2.16. The van der Waals surface area contributed by atoms with Crippen LogP contribution in [0.5, 0.6) is 0 Å². The molecule has 1 unspecified atom stereocenters. The van der Waals surface area contributed by atoms with Crippen LogP contribution in [0.3, 0.4) is 0 Å². The molecular weight excluding hydrogens is 296 g/mol. The summed E-state index contributed by atoms with van der Waals surface area (Å²) in [6.45, 7) is 0. The van der Waals surface area contributed by atoms with Crippen molar-refractivity contribution in [3.8, 4) is 0 Å². The van der Waals surface area contributed by atoms with Gasteiger partial charge in [-0.3, -0.25) is 15.5 Å². The zero-order valence-corrected chi connectivity index (χ0v) is 12.0. The van der Waals surface area contributed by atoms with Crippen LogP contribution in [0.4, 0.5) is 10.6 Å². The number of carbonyl (C=O) groups excluding carboxylic acids is 2. The number of urea groups is 1. The average molecular weight is 312 g/mol.